The molecule has 1 heterocycles. The van der Waals surface area contributed by atoms with Gasteiger partial charge in [0.15, 0.2) is 5.82 Å². The number of nitrogen functional groups attached to an aromatic ring is 1. The summed E-state index contributed by atoms with van der Waals surface area (Å²) in [5.41, 5.74) is 2.36. The number of hydrogen-bond donors (Lipinski definition) is 3. The van der Waals surface area contributed by atoms with E-state index in [-0.39, 0.29) is 6.10 Å². The van der Waals surface area contributed by atoms with Crippen LogP contribution in [0.25, 0.3) is 0 Å². The van der Waals surface area contributed by atoms with Crippen molar-refractivity contribution >= 4 is 23.4 Å². The van der Waals surface area contributed by atoms with Gasteiger partial charge < -0.3 is 10.1 Å². The van der Waals surface area contributed by atoms with Gasteiger partial charge in [0.25, 0.3) is 0 Å². The van der Waals surface area contributed by atoms with Crippen molar-refractivity contribution in [2.45, 2.75) is 20.0 Å². The van der Waals surface area contributed by atoms with E-state index >= 15 is 0 Å². The van der Waals surface area contributed by atoms with Gasteiger partial charge in [-0.25, -0.2) is 10.8 Å². The summed E-state index contributed by atoms with van der Waals surface area (Å²) in [4.78, 5) is 7.95. The molecule has 0 saturated carbocycles. The lowest BCUT2D eigenvalue weighted by atomic mass is 10.4. The lowest BCUT2D eigenvalue weighted by molar-refractivity contribution is 0.0855. The molecule has 0 saturated heterocycles. The third-order valence-corrected chi connectivity index (χ3v) is 2.16. The van der Waals surface area contributed by atoms with E-state index in [1.54, 1.807) is 0 Å². The molecular formula is C9H16ClN5O. The van der Waals surface area contributed by atoms with Gasteiger partial charge in [-0.2, -0.15) is 4.98 Å². The molecule has 1 atom stereocenters. The van der Waals surface area contributed by atoms with Crippen molar-refractivity contribution in [1.29, 1.82) is 0 Å². The molecule has 7 heteroatoms. The van der Waals surface area contributed by atoms with Gasteiger partial charge in [-0.05, 0) is 13.8 Å². The van der Waals surface area contributed by atoms with Gasteiger partial charge >= 0.3 is 0 Å². The SMILES string of the molecule is CCOC(C)CNc1nc(NN)ncc1Cl. The Labute approximate surface area is 99.5 Å². The van der Waals surface area contributed by atoms with E-state index in [0.29, 0.717) is 29.9 Å². The van der Waals surface area contributed by atoms with E-state index in [1.807, 2.05) is 13.8 Å². The Morgan fingerprint density at radius 2 is 2.38 bits per heavy atom. The highest BCUT2D eigenvalue weighted by Crippen LogP contribution is 2.18. The number of hydrogen-bond acceptors (Lipinski definition) is 6. The van der Waals surface area contributed by atoms with E-state index < -0.39 is 0 Å². The first-order valence-corrected chi connectivity index (χ1v) is 5.39. The minimum atomic E-state index is 0.0883. The van der Waals surface area contributed by atoms with E-state index in [4.69, 9.17) is 22.2 Å². The molecule has 1 unspecified atom stereocenters. The lowest BCUT2D eigenvalue weighted by Crippen LogP contribution is -2.21. The highest BCUT2D eigenvalue weighted by Gasteiger charge is 2.06. The van der Waals surface area contributed by atoms with E-state index in [1.165, 1.54) is 6.20 Å². The zero-order chi connectivity index (χ0) is 12.0. The lowest BCUT2D eigenvalue weighted by Gasteiger charge is -2.13. The second-order valence-corrected chi connectivity index (χ2v) is 3.59. The largest absolute Gasteiger partial charge is 0.377 e. The van der Waals surface area contributed by atoms with Crippen LogP contribution in [-0.2, 0) is 4.74 Å². The van der Waals surface area contributed by atoms with Crippen molar-refractivity contribution in [3.05, 3.63) is 11.2 Å². The Hall–Kier alpha value is -1.11. The second-order valence-electron chi connectivity index (χ2n) is 3.18. The molecule has 90 valence electrons. The van der Waals surface area contributed by atoms with Crippen molar-refractivity contribution in [2.24, 2.45) is 5.84 Å². The summed E-state index contributed by atoms with van der Waals surface area (Å²) in [6, 6.07) is 0. The minimum absolute atomic E-state index is 0.0883. The fourth-order valence-electron chi connectivity index (χ4n) is 1.14. The molecule has 0 spiro atoms. The number of rotatable bonds is 6. The summed E-state index contributed by atoms with van der Waals surface area (Å²) >= 11 is 5.92. The van der Waals surface area contributed by atoms with Crippen LogP contribution in [-0.4, -0.2) is 29.2 Å². The van der Waals surface area contributed by atoms with Gasteiger partial charge in [0.2, 0.25) is 5.95 Å². The van der Waals surface area contributed by atoms with Crippen LogP contribution in [0.1, 0.15) is 13.8 Å². The van der Waals surface area contributed by atoms with E-state index in [0.717, 1.165) is 0 Å². The molecule has 6 nitrogen and oxygen atoms in total. The summed E-state index contributed by atoms with van der Waals surface area (Å²) in [5, 5.41) is 3.52. The Morgan fingerprint density at radius 1 is 1.62 bits per heavy atom. The topological polar surface area (TPSA) is 85.1 Å². The number of nitrogens with two attached hydrogens (primary N) is 1. The third kappa shape index (κ3) is 3.80. The van der Waals surface area contributed by atoms with Gasteiger partial charge in [0.05, 0.1) is 12.3 Å². The number of nitrogens with one attached hydrogen (secondary N) is 2. The molecule has 4 N–H and O–H groups in total. The van der Waals surface area contributed by atoms with Gasteiger partial charge in [-0.3, -0.25) is 5.43 Å². The highest BCUT2D eigenvalue weighted by molar-refractivity contribution is 6.32. The third-order valence-electron chi connectivity index (χ3n) is 1.88. The summed E-state index contributed by atoms with van der Waals surface area (Å²) in [6.45, 7) is 5.21. The normalized spacial score (nSPS) is 12.2. The molecule has 1 aromatic rings. The fourth-order valence-corrected chi connectivity index (χ4v) is 1.30. The van der Waals surface area contributed by atoms with Crippen LogP contribution in [0, 0.1) is 0 Å². The van der Waals surface area contributed by atoms with Crippen LogP contribution in [0.15, 0.2) is 6.20 Å². The average molecular weight is 246 g/mol. The molecular weight excluding hydrogens is 230 g/mol. The number of anilines is 2. The molecule has 0 aromatic carbocycles. The predicted molar refractivity (Wildman–Crippen MR) is 64.4 cm³/mol. The molecule has 0 aliphatic heterocycles. The molecule has 0 aliphatic carbocycles. The molecule has 0 aliphatic rings. The number of hydrazine groups is 1. The number of aromatic nitrogens is 2. The van der Waals surface area contributed by atoms with Crippen LogP contribution in [0.4, 0.5) is 11.8 Å². The maximum atomic E-state index is 5.92. The first-order valence-electron chi connectivity index (χ1n) is 5.02. The zero-order valence-corrected chi connectivity index (χ0v) is 10.1. The van der Waals surface area contributed by atoms with Crippen LogP contribution < -0.4 is 16.6 Å². The monoisotopic (exact) mass is 245 g/mol. The van der Waals surface area contributed by atoms with Crippen molar-refractivity contribution in [3.8, 4) is 0 Å². The molecule has 0 amide bonds. The Balaban J connectivity index is 2.58. The maximum Gasteiger partial charge on any atom is 0.239 e. The fraction of sp³-hybridized carbons (Fsp3) is 0.556. The first kappa shape index (κ1) is 13.0. The van der Waals surface area contributed by atoms with Crippen molar-refractivity contribution in [1.82, 2.24) is 9.97 Å². The Morgan fingerprint density at radius 3 is 3.00 bits per heavy atom. The van der Waals surface area contributed by atoms with Crippen LogP contribution in [0.3, 0.4) is 0 Å². The highest BCUT2D eigenvalue weighted by atomic mass is 35.5. The standard InChI is InChI=1S/C9H16ClN5O/c1-3-16-6(2)4-12-8-7(10)5-13-9(14-8)15-11/h5-6H,3-4,11H2,1-2H3,(H2,12,13,14,15). The van der Waals surface area contributed by atoms with Gasteiger partial charge in [-0.15, -0.1) is 0 Å². The van der Waals surface area contributed by atoms with Gasteiger partial charge in [-0.1, -0.05) is 11.6 Å². The van der Waals surface area contributed by atoms with Gasteiger partial charge in [0.1, 0.15) is 5.02 Å². The second kappa shape index (κ2) is 6.47. The molecule has 1 aromatic heterocycles. The number of ether oxygens (including phenoxy) is 1. The Kier molecular flexibility index (Phi) is 5.24. The number of nitrogens with zero attached hydrogens (tertiary/aromatic N) is 2. The van der Waals surface area contributed by atoms with Crippen LogP contribution in [0.2, 0.25) is 5.02 Å². The molecule has 0 fully saturated rings. The maximum absolute atomic E-state index is 5.92. The minimum Gasteiger partial charge on any atom is -0.377 e. The first-order chi connectivity index (χ1) is 7.67. The van der Waals surface area contributed by atoms with Crippen LogP contribution in [0.5, 0.6) is 0 Å². The van der Waals surface area contributed by atoms with Crippen LogP contribution >= 0.6 is 11.6 Å². The Bertz CT molecular complexity index is 336. The molecule has 0 radical (unpaired) electrons. The van der Waals surface area contributed by atoms with Crippen molar-refractivity contribution < 1.29 is 4.74 Å². The summed E-state index contributed by atoms with van der Waals surface area (Å²) < 4.78 is 5.37. The van der Waals surface area contributed by atoms with Crippen molar-refractivity contribution in [2.75, 3.05) is 23.9 Å². The quantitative estimate of drug-likeness (QED) is 0.517. The molecule has 0 bridgehead atoms. The van der Waals surface area contributed by atoms with Gasteiger partial charge in [0, 0.05) is 13.2 Å². The zero-order valence-electron chi connectivity index (χ0n) is 9.33. The molecule has 16 heavy (non-hydrogen) atoms. The van der Waals surface area contributed by atoms with E-state index in [9.17, 15) is 0 Å². The number of halogens is 1. The van der Waals surface area contributed by atoms with Crippen molar-refractivity contribution in [3.63, 3.8) is 0 Å². The summed E-state index contributed by atoms with van der Waals surface area (Å²) in [5.74, 6) is 6.06. The average Bonchev–Trinajstić information content (AvgIpc) is 2.28. The smallest absolute Gasteiger partial charge is 0.239 e. The van der Waals surface area contributed by atoms with E-state index in [2.05, 4.69) is 20.7 Å². The molecule has 1 rings (SSSR count). The summed E-state index contributed by atoms with van der Waals surface area (Å²) in [7, 11) is 0. The predicted octanol–water partition coefficient (Wildman–Crippen LogP) is 1.25. The summed E-state index contributed by atoms with van der Waals surface area (Å²) in [6.07, 6.45) is 1.57.